The molecule has 0 aromatic heterocycles. The first-order valence-electron chi connectivity index (χ1n) is 12.5. The quantitative estimate of drug-likeness (QED) is 0.422. The highest BCUT2D eigenvalue weighted by molar-refractivity contribution is 5.52. The molecule has 2 fully saturated rings. The Bertz CT molecular complexity index is 967. The summed E-state index contributed by atoms with van der Waals surface area (Å²) in [6.45, 7) is 2.20. The fourth-order valence-electron chi connectivity index (χ4n) is 5.73. The molecule has 4 rings (SSSR count). The smallest absolute Gasteiger partial charge is 0.166 e. The molecular weight excluding hydrogens is 421 g/mol. The van der Waals surface area contributed by atoms with Gasteiger partial charge in [-0.15, -0.1) is 0 Å². The largest absolute Gasteiger partial charge is 0.497 e. The Labute approximate surface area is 196 Å². The molecule has 0 unspecified atom stereocenters. The van der Waals surface area contributed by atoms with E-state index in [0.29, 0.717) is 22.8 Å². The van der Waals surface area contributed by atoms with Crippen molar-refractivity contribution in [3.63, 3.8) is 0 Å². The molecule has 2 saturated carbocycles. The normalized spacial score (nSPS) is 26.0. The number of ether oxygens (including phenoxy) is 1. The minimum Gasteiger partial charge on any atom is -0.497 e. The summed E-state index contributed by atoms with van der Waals surface area (Å²) in [5.74, 6) is 0.273. The van der Waals surface area contributed by atoms with Crippen molar-refractivity contribution in [3.8, 4) is 5.75 Å². The molecule has 0 bridgehead atoms. The Morgan fingerprint density at radius 3 is 2.09 bits per heavy atom. The van der Waals surface area contributed by atoms with Gasteiger partial charge in [0.1, 0.15) is 11.6 Å². The van der Waals surface area contributed by atoms with Crippen LogP contribution in [0.5, 0.6) is 5.75 Å². The number of benzene rings is 2. The highest BCUT2D eigenvalue weighted by Gasteiger charge is 2.26. The van der Waals surface area contributed by atoms with E-state index in [1.807, 2.05) is 12.1 Å². The minimum atomic E-state index is -0.727. The van der Waals surface area contributed by atoms with Crippen molar-refractivity contribution in [3.05, 3.63) is 70.5 Å². The molecule has 0 N–H and O–H groups in total. The van der Waals surface area contributed by atoms with Crippen LogP contribution in [0.1, 0.15) is 93.2 Å². The Morgan fingerprint density at radius 1 is 0.818 bits per heavy atom. The van der Waals surface area contributed by atoms with Crippen molar-refractivity contribution in [2.45, 2.75) is 76.5 Å². The molecule has 0 amide bonds. The zero-order valence-electron chi connectivity index (χ0n) is 19.8. The van der Waals surface area contributed by atoms with Gasteiger partial charge in [0.2, 0.25) is 0 Å². The van der Waals surface area contributed by atoms with Crippen molar-refractivity contribution < 1.29 is 17.9 Å². The molecule has 0 spiro atoms. The minimum absolute atomic E-state index is 0.133. The summed E-state index contributed by atoms with van der Waals surface area (Å²) < 4.78 is 49.2. The van der Waals surface area contributed by atoms with Gasteiger partial charge in [0.25, 0.3) is 0 Å². The molecule has 0 aliphatic heterocycles. The van der Waals surface area contributed by atoms with Crippen molar-refractivity contribution >= 4 is 6.08 Å². The lowest BCUT2D eigenvalue weighted by molar-refractivity contribution is 0.312. The fraction of sp³-hybridized carbons (Fsp3) is 0.517. The Morgan fingerprint density at radius 2 is 1.45 bits per heavy atom. The summed E-state index contributed by atoms with van der Waals surface area (Å²) in [5.41, 5.74) is 1.61. The molecule has 2 aromatic carbocycles. The van der Waals surface area contributed by atoms with Gasteiger partial charge in [-0.3, -0.25) is 0 Å². The number of rotatable bonds is 6. The van der Waals surface area contributed by atoms with Crippen LogP contribution < -0.4 is 4.74 Å². The summed E-state index contributed by atoms with van der Waals surface area (Å²) in [6.07, 6.45) is 12.6. The van der Waals surface area contributed by atoms with Gasteiger partial charge in [0.05, 0.1) is 7.11 Å². The van der Waals surface area contributed by atoms with Gasteiger partial charge in [0.15, 0.2) is 11.6 Å². The second-order valence-corrected chi connectivity index (χ2v) is 9.86. The second kappa shape index (κ2) is 10.8. The molecule has 33 heavy (non-hydrogen) atoms. The van der Waals surface area contributed by atoms with Gasteiger partial charge < -0.3 is 4.74 Å². The summed E-state index contributed by atoms with van der Waals surface area (Å²) in [6, 6.07) is 8.59. The third kappa shape index (κ3) is 5.47. The van der Waals surface area contributed by atoms with Gasteiger partial charge in [-0.1, -0.05) is 43.7 Å². The van der Waals surface area contributed by atoms with E-state index in [1.165, 1.54) is 19.6 Å². The lowest BCUT2D eigenvalue weighted by Crippen LogP contribution is -2.14. The second-order valence-electron chi connectivity index (χ2n) is 9.86. The van der Waals surface area contributed by atoms with E-state index in [-0.39, 0.29) is 17.7 Å². The Hall–Kier alpha value is -2.23. The molecule has 2 aliphatic rings. The SMILES string of the molecule is CCC1CCC(c2ccc(/C=C/C3CCC(c4ccc(OC)cc4F)CC3)c(F)c2F)CC1. The number of methoxy groups -OCH3 is 1. The van der Waals surface area contributed by atoms with Crippen LogP contribution in [0.3, 0.4) is 0 Å². The van der Waals surface area contributed by atoms with Crippen LogP contribution >= 0.6 is 0 Å². The highest BCUT2D eigenvalue weighted by Crippen LogP contribution is 2.40. The van der Waals surface area contributed by atoms with E-state index in [1.54, 1.807) is 24.3 Å². The zero-order valence-corrected chi connectivity index (χ0v) is 19.8. The van der Waals surface area contributed by atoms with Crippen molar-refractivity contribution in [1.29, 1.82) is 0 Å². The molecule has 2 aliphatic carbocycles. The third-order valence-corrected chi connectivity index (χ3v) is 7.97. The van der Waals surface area contributed by atoms with Crippen molar-refractivity contribution in [2.24, 2.45) is 11.8 Å². The third-order valence-electron chi connectivity index (χ3n) is 7.97. The number of halogens is 3. The highest BCUT2D eigenvalue weighted by atomic mass is 19.2. The first-order chi connectivity index (χ1) is 16.0. The first-order valence-corrected chi connectivity index (χ1v) is 12.5. The molecule has 0 radical (unpaired) electrons. The summed E-state index contributed by atoms with van der Waals surface area (Å²) in [7, 11) is 1.53. The van der Waals surface area contributed by atoms with E-state index in [2.05, 4.69) is 6.92 Å². The number of allylic oxidation sites excluding steroid dienone is 1. The van der Waals surface area contributed by atoms with Crippen LogP contribution in [0.15, 0.2) is 36.4 Å². The Kier molecular flexibility index (Phi) is 7.82. The van der Waals surface area contributed by atoms with Crippen LogP contribution in [-0.4, -0.2) is 7.11 Å². The summed E-state index contributed by atoms with van der Waals surface area (Å²) >= 11 is 0. The maximum atomic E-state index is 14.9. The molecular formula is C29H35F3O. The summed E-state index contributed by atoms with van der Waals surface area (Å²) in [4.78, 5) is 0. The van der Waals surface area contributed by atoms with E-state index in [4.69, 9.17) is 4.74 Å². The van der Waals surface area contributed by atoms with Crippen molar-refractivity contribution in [2.75, 3.05) is 7.11 Å². The molecule has 4 heteroatoms. The maximum Gasteiger partial charge on any atom is 0.166 e. The molecule has 1 nitrogen and oxygen atoms in total. The number of hydrogen-bond donors (Lipinski definition) is 0. The molecule has 0 heterocycles. The topological polar surface area (TPSA) is 9.23 Å². The lowest BCUT2D eigenvalue weighted by Gasteiger charge is -2.28. The predicted molar refractivity (Wildman–Crippen MR) is 128 cm³/mol. The van der Waals surface area contributed by atoms with E-state index in [0.717, 1.165) is 62.8 Å². The van der Waals surface area contributed by atoms with Gasteiger partial charge >= 0.3 is 0 Å². The zero-order chi connectivity index (χ0) is 23.4. The van der Waals surface area contributed by atoms with Crippen LogP contribution in [0.25, 0.3) is 6.08 Å². The number of hydrogen-bond acceptors (Lipinski definition) is 1. The summed E-state index contributed by atoms with van der Waals surface area (Å²) in [5, 5.41) is 0. The van der Waals surface area contributed by atoms with Gasteiger partial charge in [0, 0.05) is 11.6 Å². The molecule has 2 aromatic rings. The van der Waals surface area contributed by atoms with Crippen molar-refractivity contribution in [1.82, 2.24) is 0 Å². The van der Waals surface area contributed by atoms with E-state index in [9.17, 15) is 13.2 Å². The molecule has 0 saturated heterocycles. The molecule has 178 valence electrons. The van der Waals surface area contributed by atoms with Crippen LogP contribution in [0.4, 0.5) is 13.2 Å². The standard InChI is InChI=1S/C29H35F3O/c1-3-19-4-9-22(10-5-19)26-16-14-23(28(31)29(26)32)13-8-20-6-11-21(12-7-20)25-17-15-24(33-2)18-27(25)30/h8,13-22H,3-7,9-12H2,1-2H3/b13-8+. The molecule has 0 atom stereocenters. The predicted octanol–water partition coefficient (Wildman–Crippen LogP) is 8.78. The fourth-order valence-corrected chi connectivity index (χ4v) is 5.73. The van der Waals surface area contributed by atoms with Crippen LogP contribution in [-0.2, 0) is 0 Å². The van der Waals surface area contributed by atoms with Crippen LogP contribution in [0.2, 0.25) is 0 Å². The lowest BCUT2D eigenvalue weighted by atomic mass is 9.77. The van der Waals surface area contributed by atoms with Gasteiger partial charge in [-0.2, -0.15) is 0 Å². The van der Waals surface area contributed by atoms with Gasteiger partial charge in [-0.25, -0.2) is 13.2 Å². The maximum absolute atomic E-state index is 14.9. The average Bonchev–Trinajstić information content (AvgIpc) is 2.85. The monoisotopic (exact) mass is 456 g/mol. The first kappa shape index (κ1) is 23.9. The Balaban J connectivity index is 1.36. The van der Waals surface area contributed by atoms with E-state index >= 15 is 0 Å². The van der Waals surface area contributed by atoms with E-state index < -0.39 is 11.6 Å². The van der Waals surface area contributed by atoms with Gasteiger partial charge in [-0.05, 0) is 92.2 Å². The van der Waals surface area contributed by atoms with Crippen LogP contribution in [0, 0.1) is 29.3 Å². The average molecular weight is 457 g/mol.